The molecular formula is C32H54O. The molecule has 1 N–H and O–H groups in total. The summed E-state index contributed by atoms with van der Waals surface area (Å²) >= 11 is 0. The molecule has 10 atom stereocenters. The van der Waals surface area contributed by atoms with Crippen molar-refractivity contribution >= 4 is 0 Å². The average molecular weight is 455 g/mol. The smallest absolute Gasteiger partial charge is 0.0490 e. The minimum absolute atomic E-state index is 0.180. The molecule has 0 radical (unpaired) electrons. The zero-order chi connectivity index (χ0) is 24.0. The second-order valence-electron chi connectivity index (χ2n) is 15.2. The highest BCUT2D eigenvalue weighted by molar-refractivity contribution is 5.21. The fourth-order valence-corrected chi connectivity index (χ4v) is 12.4. The van der Waals surface area contributed by atoms with Crippen LogP contribution in [0.15, 0.2) is 12.2 Å². The van der Waals surface area contributed by atoms with Crippen LogP contribution in [0.25, 0.3) is 0 Å². The zero-order valence-electron chi connectivity index (χ0n) is 23.1. The van der Waals surface area contributed by atoms with E-state index in [1.165, 1.54) is 76.2 Å². The highest BCUT2D eigenvalue weighted by atomic mass is 16.3. The van der Waals surface area contributed by atoms with E-state index in [-0.39, 0.29) is 5.41 Å². The SMILES string of the molecule is C=C(C)[C@@H]1CCC2(CO)CC[C@]3(C)C(CCC4[C@@]5(C)CC[C@H](CC)C(C)(C)C5CC[C@]43C)C12. The number of hydrogen-bond donors (Lipinski definition) is 1. The third kappa shape index (κ3) is 2.93. The van der Waals surface area contributed by atoms with Gasteiger partial charge in [0, 0.05) is 6.61 Å². The van der Waals surface area contributed by atoms with E-state index in [1.54, 1.807) is 0 Å². The van der Waals surface area contributed by atoms with Crippen molar-refractivity contribution < 1.29 is 5.11 Å². The van der Waals surface area contributed by atoms with Crippen LogP contribution in [0, 0.1) is 62.6 Å². The summed E-state index contributed by atoms with van der Waals surface area (Å²) in [5, 5.41) is 10.7. The number of rotatable bonds is 3. The molecule has 5 aliphatic carbocycles. The molecule has 0 bridgehead atoms. The summed E-state index contributed by atoms with van der Waals surface area (Å²) in [6, 6.07) is 0. The van der Waals surface area contributed by atoms with Gasteiger partial charge in [-0.05, 0) is 134 Å². The summed E-state index contributed by atoms with van der Waals surface area (Å²) in [7, 11) is 0. The topological polar surface area (TPSA) is 20.2 Å². The van der Waals surface area contributed by atoms with Crippen molar-refractivity contribution in [1.82, 2.24) is 0 Å². The zero-order valence-corrected chi connectivity index (χ0v) is 23.1. The van der Waals surface area contributed by atoms with Crippen molar-refractivity contribution in [3.05, 3.63) is 12.2 Å². The Bertz CT molecular complexity index is 796. The van der Waals surface area contributed by atoms with Crippen molar-refractivity contribution in [2.45, 2.75) is 119 Å². The van der Waals surface area contributed by atoms with E-state index in [4.69, 9.17) is 0 Å². The van der Waals surface area contributed by atoms with Crippen LogP contribution in [0.4, 0.5) is 0 Å². The van der Waals surface area contributed by atoms with E-state index >= 15 is 0 Å². The molecule has 5 fully saturated rings. The fraction of sp³-hybridized carbons (Fsp3) is 0.938. The quantitative estimate of drug-likeness (QED) is 0.423. The standard InChI is InChI=1S/C32H54O/c1-9-22-12-15-29(6)25(28(22,4)5)14-16-31(8)26(29)11-10-24-27-23(21(2)3)13-17-32(27,20-33)19-18-30(24,31)7/h22-27,33H,2,9-20H2,1,3-8H3/t22-,23-,24?,25?,26?,27?,29-,30+,31+,32?/m0/s1. The summed E-state index contributed by atoms with van der Waals surface area (Å²) in [6.07, 6.45) is 15.0. The number of aliphatic hydroxyl groups excluding tert-OH is 1. The van der Waals surface area contributed by atoms with E-state index in [0.29, 0.717) is 40.1 Å². The van der Waals surface area contributed by atoms with E-state index in [2.05, 4.69) is 55.0 Å². The Hall–Kier alpha value is -0.300. The summed E-state index contributed by atoms with van der Waals surface area (Å²) in [4.78, 5) is 0. The minimum atomic E-state index is 0.180. The van der Waals surface area contributed by atoms with Crippen LogP contribution in [0.3, 0.4) is 0 Å². The Labute approximate surface area is 205 Å². The second-order valence-corrected chi connectivity index (χ2v) is 15.2. The molecular weight excluding hydrogens is 400 g/mol. The fourth-order valence-electron chi connectivity index (χ4n) is 12.4. The van der Waals surface area contributed by atoms with Gasteiger partial charge in [0.2, 0.25) is 0 Å². The van der Waals surface area contributed by atoms with Gasteiger partial charge < -0.3 is 5.11 Å². The first-order valence-corrected chi connectivity index (χ1v) is 14.7. The molecule has 0 amide bonds. The van der Waals surface area contributed by atoms with Gasteiger partial charge in [-0.15, -0.1) is 0 Å². The Morgan fingerprint density at radius 3 is 2.18 bits per heavy atom. The molecule has 0 aromatic carbocycles. The van der Waals surface area contributed by atoms with E-state index in [0.717, 1.165) is 23.7 Å². The molecule has 33 heavy (non-hydrogen) atoms. The lowest BCUT2D eigenvalue weighted by atomic mass is 9.32. The maximum absolute atomic E-state index is 10.7. The third-order valence-electron chi connectivity index (χ3n) is 14.3. The average Bonchev–Trinajstić information content (AvgIpc) is 3.14. The Kier molecular flexibility index (Phi) is 5.62. The van der Waals surface area contributed by atoms with Crippen LogP contribution in [-0.2, 0) is 0 Å². The summed E-state index contributed by atoms with van der Waals surface area (Å²) in [5.74, 6) is 4.72. The van der Waals surface area contributed by atoms with Crippen molar-refractivity contribution in [2.75, 3.05) is 6.61 Å². The van der Waals surface area contributed by atoms with Gasteiger partial charge in [-0.2, -0.15) is 0 Å². The van der Waals surface area contributed by atoms with Crippen molar-refractivity contribution in [1.29, 1.82) is 0 Å². The predicted molar refractivity (Wildman–Crippen MR) is 140 cm³/mol. The van der Waals surface area contributed by atoms with Gasteiger partial charge in [0.25, 0.3) is 0 Å². The normalized spacial score (nSPS) is 55.2. The predicted octanol–water partition coefficient (Wildman–Crippen LogP) is 8.66. The van der Waals surface area contributed by atoms with Gasteiger partial charge in [0.15, 0.2) is 0 Å². The molecule has 188 valence electrons. The van der Waals surface area contributed by atoms with Crippen LogP contribution in [0.1, 0.15) is 119 Å². The van der Waals surface area contributed by atoms with Crippen molar-refractivity contribution in [3.8, 4) is 0 Å². The van der Waals surface area contributed by atoms with Gasteiger partial charge >= 0.3 is 0 Å². The molecule has 0 aromatic heterocycles. The maximum Gasteiger partial charge on any atom is 0.0490 e. The van der Waals surface area contributed by atoms with Gasteiger partial charge in [0.1, 0.15) is 0 Å². The lowest BCUT2D eigenvalue weighted by molar-refractivity contribution is -0.244. The van der Waals surface area contributed by atoms with Gasteiger partial charge in [-0.3, -0.25) is 0 Å². The van der Waals surface area contributed by atoms with Crippen LogP contribution in [0.5, 0.6) is 0 Å². The lowest BCUT2D eigenvalue weighted by Crippen LogP contribution is -2.66. The summed E-state index contributed by atoms with van der Waals surface area (Å²) in [6.45, 7) is 23.1. The van der Waals surface area contributed by atoms with Gasteiger partial charge in [-0.25, -0.2) is 0 Å². The number of fused-ring (bicyclic) bond motifs is 7. The van der Waals surface area contributed by atoms with Crippen molar-refractivity contribution in [3.63, 3.8) is 0 Å². The molecule has 0 spiro atoms. The molecule has 1 nitrogen and oxygen atoms in total. The van der Waals surface area contributed by atoms with Gasteiger partial charge in [0.05, 0.1) is 0 Å². The number of allylic oxidation sites excluding steroid dienone is 1. The van der Waals surface area contributed by atoms with Crippen LogP contribution in [-0.4, -0.2) is 11.7 Å². The molecule has 1 heteroatoms. The highest BCUT2D eigenvalue weighted by Gasteiger charge is 2.70. The van der Waals surface area contributed by atoms with Crippen LogP contribution < -0.4 is 0 Å². The lowest BCUT2D eigenvalue weighted by Gasteiger charge is -2.73. The molecule has 5 rings (SSSR count). The first-order chi connectivity index (χ1) is 15.4. The Morgan fingerprint density at radius 1 is 0.818 bits per heavy atom. The molecule has 0 aromatic rings. The second kappa shape index (κ2) is 7.60. The number of hydrogen-bond acceptors (Lipinski definition) is 1. The molecule has 0 saturated heterocycles. The summed E-state index contributed by atoms with van der Waals surface area (Å²) < 4.78 is 0. The Balaban J connectivity index is 1.54. The molecule has 0 aliphatic heterocycles. The Morgan fingerprint density at radius 2 is 1.55 bits per heavy atom. The molecule has 5 aliphatic rings. The maximum atomic E-state index is 10.7. The molecule has 5 unspecified atom stereocenters. The van der Waals surface area contributed by atoms with E-state index in [9.17, 15) is 5.11 Å². The van der Waals surface area contributed by atoms with E-state index in [1.807, 2.05) is 0 Å². The summed E-state index contributed by atoms with van der Waals surface area (Å²) in [5.41, 5.74) is 3.42. The first kappa shape index (κ1) is 24.4. The van der Waals surface area contributed by atoms with Crippen LogP contribution >= 0.6 is 0 Å². The van der Waals surface area contributed by atoms with E-state index < -0.39 is 0 Å². The monoisotopic (exact) mass is 454 g/mol. The van der Waals surface area contributed by atoms with Crippen LogP contribution in [0.2, 0.25) is 0 Å². The third-order valence-corrected chi connectivity index (χ3v) is 14.3. The number of aliphatic hydroxyl groups is 1. The largest absolute Gasteiger partial charge is 0.396 e. The highest BCUT2D eigenvalue weighted by Crippen LogP contribution is 2.77. The van der Waals surface area contributed by atoms with Gasteiger partial charge in [-0.1, -0.05) is 60.1 Å². The molecule has 0 heterocycles. The van der Waals surface area contributed by atoms with Crippen molar-refractivity contribution in [2.24, 2.45) is 62.6 Å². The molecule has 5 saturated carbocycles. The minimum Gasteiger partial charge on any atom is -0.396 e. The first-order valence-electron chi connectivity index (χ1n) is 14.7.